The fraction of sp³-hybridized carbons (Fsp3) is 0.619. The Balaban J connectivity index is 1.41. The molecule has 3 aliphatic rings. The van der Waals surface area contributed by atoms with Gasteiger partial charge in [0, 0.05) is 45.7 Å². The van der Waals surface area contributed by atoms with Gasteiger partial charge in [-0.2, -0.15) is 0 Å². The molecule has 0 unspecified atom stereocenters. The zero-order valence-corrected chi connectivity index (χ0v) is 16.7. The molecular weight excluding hydrogens is 358 g/mol. The molecule has 2 atom stereocenters. The molecule has 7 nitrogen and oxygen atoms in total. The molecule has 0 N–H and O–H groups in total. The van der Waals surface area contributed by atoms with E-state index < -0.39 is 0 Å². The first kappa shape index (κ1) is 19.2. The van der Waals surface area contributed by atoms with Crippen LogP contribution in [0.4, 0.5) is 0 Å². The molecule has 0 aliphatic carbocycles. The lowest BCUT2D eigenvalue weighted by Crippen LogP contribution is -2.53. The number of methoxy groups -OCH3 is 1. The number of ether oxygens (including phenoxy) is 2. The molecule has 3 aliphatic heterocycles. The van der Waals surface area contributed by atoms with E-state index in [1.807, 2.05) is 34.1 Å². The van der Waals surface area contributed by atoms with Crippen molar-refractivity contribution in [3.05, 3.63) is 29.8 Å². The van der Waals surface area contributed by atoms with Crippen molar-refractivity contribution in [1.29, 1.82) is 0 Å². The second kappa shape index (κ2) is 8.09. The highest BCUT2D eigenvalue weighted by molar-refractivity contribution is 5.78. The fourth-order valence-corrected chi connectivity index (χ4v) is 4.67. The number of benzene rings is 1. The maximum atomic E-state index is 12.6. The highest BCUT2D eigenvalue weighted by Gasteiger charge is 2.45. The smallest absolute Gasteiger partial charge is 0.249 e. The largest absolute Gasteiger partial charge is 0.497 e. The maximum absolute atomic E-state index is 12.6. The highest BCUT2D eigenvalue weighted by Crippen LogP contribution is 2.29. The van der Waals surface area contributed by atoms with Crippen LogP contribution in [0.5, 0.6) is 5.75 Å². The molecule has 152 valence electrons. The molecule has 1 aromatic rings. The molecule has 0 aromatic heterocycles. The van der Waals surface area contributed by atoms with Crippen molar-refractivity contribution in [3.8, 4) is 5.75 Å². The third-order valence-corrected chi connectivity index (χ3v) is 6.34. The number of amides is 2. The van der Waals surface area contributed by atoms with Gasteiger partial charge in [-0.1, -0.05) is 12.1 Å². The monoisotopic (exact) mass is 387 g/mol. The zero-order valence-electron chi connectivity index (χ0n) is 16.7. The van der Waals surface area contributed by atoms with Crippen molar-refractivity contribution in [1.82, 2.24) is 14.7 Å². The normalized spacial score (nSPS) is 26.4. The average Bonchev–Trinajstić information content (AvgIpc) is 3.15. The van der Waals surface area contributed by atoms with E-state index in [4.69, 9.17) is 9.47 Å². The van der Waals surface area contributed by atoms with Crippen molar-refractivity contribution < 1.29 is 19.1 Å². The van der Waals surface area contributed by atoms with Crippen molar-refractivity contribution >= 4 is 11.8 Å². The third-order valence-electron chi connectivity index (χ3n) is 6.34. The van der Waals surface area contributed by atoms with Crippen LogP contribution in [0.25, 0.3) is 0 Å². The fourth-order valence-electron chi connectivity index (χ4n) is 4.67. The topological polar surface area (TPSA) is 62.3 Å². The Labute approximate surface area is 166 Å². The number of hydrogen-bond donors (Lipinski definition) is 0. The van der Waals surface area contributed by atoms with Crippen LogP contribution in [0.3, 0.4) is 0 Å². The Morgan fingerprint density at radius 3 is 2.54 bits per heavy atom. The standard InChI is InChI=1S/C21H29N3O4/c1-15(25)22-9-7-17(8-10-22)23-12-19-20(13-23)28-14-21(26)24(19)11-16-3-5-18(27-2)6-4-16/h3-6,17,19-20H,7-14H2,1-2H3/t19-,20+/m1/s1. The van der Waals surface area contributed by atoms with Crippen molar-refractivity contribution in [2.75, 3.05) is 39.9 Å². The van der Waals surface area contributed by atoms with E-state index >= 15 is 0 Å². The first-order chi connectivity index (χ1) is 13.5. The van der Waals surface area contributed by atoms with Crippen molar-refractivity contribution in [2.45, 2.75) is 44.5 Å². The van der Waals surface area contributed by atoms with E-state index in [1.165, 1.54) is 0 Å². The number of hydrogen-bond acceptors (Lipinski definition) is 5. The van der Waals surface area contributed by atoms with Gasteiger partial charge in [0.05, 0.1) is 19.3 Å². The van der Waals surface area contributed by atoms with E-state index in [0.29, 0.717) is 12.6 Å². The number of carbonyl (C=O) groups is 2. The number of likely N-dealkylation sites (tertiary alicyclic amines) is 2. The van der Waals surface area contributed by atoms with Crippen molar-refractivity contribution in [3.63, 3.8) is 0 Å². The molecular formula is C21H29N3O4. The van der Waals surface area contributed by atoms with Gasteiger partial charge in [0.15, 0.2) is 0 Å². The lowest BCUT2D eigenvalue weighted by atomic mass is 10.0. The van der Waals surface area contributed by atoms with E-state index in [0.717, 1.165) is 50.3 Å². The van der Waals surface area contributed by atoms with Gasteiger partial charge in [-0.15, -0.1) is 0 Å². The molecule has 3 saturated heterocycles. The second-order valence-electron chi connectivity index (χ2n) is 7.98. The Morgan fingerprint density at radius 2 is 1.89 bits per heavy atom. The van der Waals surface area contributed by atoms with E-state index in [-0.39, 0.29) is 30.6 Å². The predicted molar refractivity (Wildman–Crippen MR) is 104 cm³/mol. The number of carbonyl (C=O) groups excluding carboxylic acids is 2. The van der Waals surface area contributed by atoms with Crippen LogP contribution in [-0.4, -0.2) is 84.6 Å². The Bertz CT molecular complexity index is 715. The number of morpholine rings is 1. The zero-order chi connectivity index (χ0) is 19.7. The van der Waals surface area contributed by atoms with E-state index in [9.17, 15) is 9.59 Å². The minimum absolute atomic E-state index is 0.0605. The van der Waals surface area contributed by atoms with Gasteiger partial charge < -0.3 is 19.3 Å². The van der Waals surface area contributed by atoms with Gasteiger partial charge in [-0.3, -0.25) is 14.5 Å². The van der Waals surface area contributed by atoms with Crippen LogP contribution < -0.4 is 4.74 Å². The molecule has 3 heterocycles. The van der Waals surface area contributed by atoms with Gasteiger partial charge in [0.2, 0.25) is 11.8 Å². The SMILES string of the molecule is COc1ccc(CN2C(=O)CO[C@H]3CN(C4CCN(C(C)=O)CC4)C[C@H]32)cc1. The summed E-state index contributed by atoms with van der Waals surface area (Å²) in [5.41, 5.74) is 1.10. The molecule has 0 bridgehead atoms. The summed E-state index contributed by atoms with van der Waals surface area (Å²) in [6, 6.07) is 8.45. The summed E-state index contributed by atoms with van der Waals surface area (Å²) in [5.74, 6) is 1.04. The Morgan fingerprint density at radius 1 is 1.18 bits per heavy atom. The number of fused-ring (bicyclic) bond motifs is 1. The van der Waals surface area contributed by atoms with Crippen LogP contribution in [-0.2, 0) is 20.9 Å². The summed E-state index contributed by atoms with van der Waals surface area (Å²) in [7, 11) is 1.65. The average molecular weight is 387 g/mol. The summed E-state index contributed by atoms with van der Waals surface area (Å²) in [4.78, 5) is 30.5. The summed E-state index contributed by atoms with van der Waals surface area (Å²) in [5, 5.41) is 0. The quantitative estimate of drug-likeness (QED) is 0.775. The minimum atomic E-state index is 0.0605. The number of nitrogens with zero attached hydrogens (tertiary/aromatic N) is 3. The van der Waals surface area contributed by atoms with E-state index in [1.54, 1.807) is 14.0 Å². The summed E-state index contributed by atoms with van der Waals surface area (Å²) < 4.78 is 11.1. The van der Waals surface area contributed by atoms with Gasteiger partial charge in [-0.05, 0) is 30.5 Å². The lowest BCUT2D eigenvalue weighted by molar-refractivity contribution is -0.153. The summed E-state index contributed by atoms with van der Waals surface area (Å²) in [6.45, 7) is 5.75. The second-order valence-corrected chi connectivity index (χ2v) is 7.98. The highest BCUT2D eigenvalue weighted by atomic mass is 16.5. The first-order valence-corrected chi connectivity index (χ1v) is 10.1. The van der Waals surface area contributed by atoms with Crippen LogP contribution in [0.2, 0.25) is 0 Å². The molecule has 3 fully saturated rings. The summed E-state index contributed by atoms with van der Waals surface area (Å²) >= 11 is 0. The molecule has 0 saturated carbocycles. The molecule has 0 radical (unpaired) electrons. The first-order valence-electron chi connectivity index (χ1n) is 10.1. The Hall–Kier alpha value is -2.12. The lowest BCUT2D eigenvalue weighted by Gasteiger charge is -2.37. The number of piperidine rings is 1. The van der Waals surface area contributed by atoms with Gasteiger partial charge in [0.25, 0.3) is 0 Å². The van der Waals surface area contributed by atoms with Crippen LogP contribution in [0.1, 0.15) is 25.3 Å². The summed E-state index contributed by atoms with van der Waals surface area (Å²) in [6.07, 6.45) is 2.05. The Kier molecular flexibility index (Phi) is 5.55. The maximum Gasteiger partial charge on any atom is 0.249 e. The predicted octanol–water partition coefficient (Wildman–Crippen LogP) is 1.12. The van der Waals surface area contributed by atoms with Crippen LogP contribution in [0, 0.1) is 0 Å². The molecule has 1 aromatic carbocycles. The van der Waals surface area contributed by atoms with Gasteiger partial charge >= 0.3 is 0 Å². The molecule has 7 heteroatoms. The van der Waals surface area contributed by atoms with Crippen LogP contribution >= 0.6 is 0 Å². The van der Waals surface area contributed by atoms with E-state index in [2.05, 4.69) is 4.90 Å². The van der Waals surface area contributed by atoms with Crippen LogP contribution in [0.15, 0.2) is 24.3 Å². The molecule has 4 rings (SSSR count). The van der Waals surface area contributed by atoms with Gasteiger partial charge in [0.1, 0.15) is 12.4 Å². The minimum Gasteiger partial charge on any atom is -0.497 e. The third kappa shape index (κ3) is 3.86. The molecule has 28 heavy (non-hydrogen) atoms. The molecule has 2 amide bonds. The van der Waals surface area contributed by atoms with Crippen molar-refractivity contribution in [2.24, 2.45) is 0 Å². The van der Waals surface area contributed by atoms with Gasteiger partial charge in [-0.25, -0.2) is 0 Å². The number of rotatable bonds is 4. The molecule has 0 spiro atoms.